The monoisotopic (exact) mass is 241 g/mol. The topological polar surface area (TPSA) is 3.24 Å². The molecule has 0 radical (unpaired) electrons. The first-order valence-electron chi connectivity index (χ1n) is 7.41. The standard InChI is InChI=1S/C17H23N/c1-3-9-15(10-4-1)16-11-5-6-12-17(16)18-13-7-2-8-14-18/h1,3-4,6,9-10,12,16-17H,2,5,7-8,11,13-14H2. The molecule has 0 N–H and O–H groups in total. The predicted octanol–water partition coefficient (Wildman–Crippen LogP) is 3.97. The lowest BCUT2D eigenvalue weighted by atomic mass is 9.82. The van der Waals surface area contributed by atoms with E-state index in [1.165, 1.54) is 50.8 Å². The van der Waals surface area contributed by atoms with Crippen LogP contribution in [-0.4, -0.2) is 24.0 Å². The summed E-state index contributed by atoms with van der Waals surface area (Å²) in [5.41, 5.74) is 1.53. The van der Waals surface area contributed by atoms with Crippen molar-refractivity contribution in [3.05, 3.63) is 48.0 Å². The third-order valence-corrected chi connectivity index (χ3v) is 4.43. The average molecular weight is 241 g/mol. The summed E-state index contributed by atoms with van der Waals surface area (Å²) in [7, 11) is 0. The molecule has 1 aromatic rings. The fraction of sp³-hybridized carbons (Fsp3) is 0.529. The molecule has 1 heteroatoms. The van der Waals surface area contributed by atoms with Gasteiger partial charge in [0.1, 0.15) is 0 Å². The molecule has 2 aliphatic rings. The summed E-state index contributed by atoms with van der Waals surface area (Å²) >= 11 is 0. The molecule has 0 aromatic heterocycles. The summed E-state index contributed by atoms with van der Waals surface area (Å²) in [5.74, 6) is 0.703. The van der Waals surface area contributed by atoms with Crippen LogP contribution in [0.25, 0.3) is 0 Å². The molecule has 1 saturated heterocycles. The number of piperidine rings is 1. The van der Waals surface area contributed by atoms with Gasteiger partial charge in [-0.25, -0.2) is 0 Å². The maximum absolute atomic E-state index is 2.71. The van der Waals surface area contributed by atoms with Gasteiger partial charge in [0.25, 0.3) is 0 Å². The van der Waals surface area contributed by atoms with Gasteiger partial charge in [-0.3, -0.25) is 4.90 Å². The molecule has 96 valence electrons. The van der Waals surface area contributed by atoms with Crippen LogP contribution >= 0.6 is 0 Å². The Labute approximate surface area is 111 Å². The van der Waals surface area contributed by atoms with Gasteiger partial charge in [-0.2, -0.15) is 0 Å². The van der Waals surface area contributed by atoms with E-state index in [4.69, 9.17) is 0 Å². The van der Waals surface area contributed by atoms with Gasteiger partial charge in [0, 0.05) is 12.0 Å². The highest BCUT2D eigenvalue weighted by molar-refractivity contribution is 5.25. The summed E-state index contributed by atoms with van der Waals surface area (Å²) in [6.45, 7) is 2.58. The molecular weight excluding hydrogens is 218 g/mol. The summed E-state index contributed by atoms with van der Waals surface area (Å²) in [4.78, 5) is 2.71. The van der Waals surface area contributed by atoms with Crippen molar-refractivity contribution in [1.82, 2.24) is 4.90 Å². The Kier molecular flexibility index (Phi) is 3.80. The third-order valence-electron chi connectivity index (χ3n) is 4.43. The smallest absolute Gasteiger partial charge is 0.0347 e. The van der Waals surface area contributed by atoms with Crippen molar-refractivity contribution in [3.8, 4) is 0 Å². The zero-order valence-electron chi connectivity index (χ0n) is 11.1. The van der Waals surface area contributed by atoms with Gasteiger partial charge in [0.05, 0.1) is 0 Å². The van der Waals surface area contributed by atoms with Crippen LogP contribution in [0.5, 0.6) is 0 Å². The van der Waals surface area contributed by atoms with Crippen molar-refractivity contribution < 1.29 is 0 Å². The Balaban J connectivity index is 1.81. The molecule has 1 aliphatic heterocycles. The lowest BCUT2D eigenvalue weighted by molar-refractivity contribution is 0.164. The van der Waals surface area contributed by atoms with Crippen molar-refractivity contribution >= 4 is 0 Å². The molecule has 2 atom stereocenters. The van der Waals surface area contributed by atoms with Gasteiger partial charge in [0.2, 0.25) is 0 Å². The Morgan fingerprint density at radius 3 is 2.50 bits per heavy atom. The zero-order valence-corrected chi connectivity index (χ0v) is 11.1. The van der Waals surface area contributed by atoms with E-state index in [2.05, 4.69) is 47.4 Å². The van der Waals surface area contributed by atoms with Crippen LogP contribution in [0.4, 0.5) is 0 Å². The minimum Gasteiger partial charge on any atom is -0.296 e. The Morgan fingerprint density at radius 2 is 1.72 bits per heavy atom. The van der Waals surface area contributed by atoms with Gasteiger partial charge < -0.3 is 0 Å². The van der Waals surface area contributed by atoms with E-state index in [1.807, 2.05) is 0 Å². The second-order valence-corrected chi connectivity index (χ2v) is 5.61. The van der Waals surface area contributed by atoms with Crippen molar-refractivity contribution in [2.75, 3.05) is 13.1 Å². The van der Waals surface area contributed by atoms with E-state index in [-0.39, 0.29) is 0 Å². The highest BCUT2D eigenvalue weighted by Gasteiger charge is 2.28. The number of hydrogen-bond acceptors (Lipinski definition) is 1. The van der Waals surface area contributed by atoms with Crippen LogP contribution < -0.4 is 0 Å². The van der Waals surface area contributed by atoms with Crippen LogP contribution in [0.3, 0.4) is 0 Å². The van der Waals surface area contributed by atoms with Crippen LogP contribution in [0.15, 0.2) is 42.5 Å². The van der Waals surface area contributed by atoms with Crippen molar-refractivity contribution in [2.45, 2.75) is 44.1 Å². The van der Waals surface area contributed by atoms with Gasteiger partial charge >= 0.3 is 0 Å². The van der Waals surface area contributed by atoms with E-state index in [0.717, 1.165) is 0 Å². The second kappa shape index (κ2) is 5.71. The molecule has 0 amide bonds. The molecule has 0 spiro atoms. The molecule has 0 bridgehead atoms. The van der Waals surface area contributed by atoms with Gasteiger partial charge in [-0.05, 0) is 44.3 Å². The maximum Gasteiger partial charge on any atom is 0.0347 e. The molecule has 2 unspecified atom stereocenters. The quantitative estimate of drug-likeness (QED) is 0.708. The molecular formula is C17H23N. The maximum atomic E-state index is 2.71. The summed E-state index contributed by atoms with van der Waals surface area (Å²) in [6, 6.07) is 11.7. The average Bonchev–Trinajstić information content (AvgIpc) is 2.49. The minimum absolute atomic E-state index is 0.640. The molecule has 1 aromatic carbocycles. The highest BCUT2D eigenvalue weighted by atomic mass is 15.2. The van der Waals surface area contributed by atoms with Gasteiger partial charge in [-0.1, -0.05) is 48.9 Å². The molecule has 1 heterocycles. The fourth-order valence-corrected chi connectivity index (χ4v) is 3.47. The van der Waals surface area contributed by atoms with Crippen LogP contribution in [0.2, 0.25) is 0 Å². The van der Waals surface area contributed by atoms with E-state index in [9.17, 15) is 0 Å². The largest absolute Gasteiger partial charge is 0.296 e. The lowest BCUT2D eigenvalue weighted by Crippen LogP contribution is -2.42. The van der Waals surface area contributed by atoms with E-state index >= 15 is 0 Å². The number of likely N-dealkylation sites (tertiary alicyclic amines) is 1. The van der Waals surface area contributed by atoms with Crippen molar-refractivity contribution in [3.63, 3.8) is 0 Å². The highest BCUT2D eigenvalue weighted by Crippen LogP contribution is 2.33. The van der Waals surface area contributed by atoms with E-state index < -0.39 is 0 Å². The SMILES string of the molecule is C1=CC(N2CCCCC2)C(c2ccccc2)CC1. The number of rotatable bonds is 2. The zero-order chi connectivity index (χ0) is 12.2. The summed E-state index contributed by atoms with van der Waals surface area (Å²) in [5, 5.41) is 0. The number of nitrogens with zero attached hydrogens (tertiary/aromatic N) is 1. The second-order valence-electron chi connectivity index (χ2n) is 5.61. The Bertz CT molecular complexity index is 389. The first kappa shape index (κ1) is 12.0. The van der Waals surface area contributed by atoms with Gasteiger partial charge in [0.15, 0.2) is 0 Å². The molecule has 0 saturated carbocycles. The predicted molar refractivity (Wildman–Crippen MR) is 76.8 cm³/mol. The van der Waals surface area contributed by atoms with E-state index in [0.29, 0.717) is 12.0 Å². The van der Waals surface area contributed by atoms with E-state index in [1.54, 1.807) is 0 Å². The van der Waals surface area contributed by atoms with Crippen molar-refractivity contribution in [2.24, 2.45) is 0 Å². The summed E-state index contributed by atoms with van der Waals surface area (Å²) < 4.78 is 0. The van der Waals surface area contributed by atoms with Crippen LogP contribution in [-0.2, 0) is 0 Å². The molecule has 3 rings (SSSR count). The van der Waals surface area contributed by atoms with Crippen LogP contribution in [0.1, 0.15) is 43.6 Å². The Hall–Kier alpha value is -1.08. The first-order chi connectivity index (χ1) is 8.95. The van der Waals surface area contributed by atoms with Crippen molar-refractivity contribution in [1.29, 1.82) is 0 Å². The first-order valence-corrected chi connectivity index (χ1v) is 7.41. The Morgan fingerprint density at radius 1 is 0.944 bits per heavy atom. The summed E-state index contributed by atoms with van der Waals surface area (Å²) in [6.07, 6.45) is 11.6. The molecule has 1 fully saturated rings. The lowest BCUT2D eigenvalue weighted by Gasteiger charge is -2.39. The third kappa shape index (κ3) is 2.51. The van der Waals surface area contributed by atoms with Crippen LogP contribution in [0, 0.1) is 0 Å². The number of allylic oxidation sites excluding steroid dienone is 1. The normalized spacial score (nSPS) is 29.3. The number of benzene rings is 1. The number of hydrogen-bond donors (Lipinski definition) is 0. The fourth-order valence-electron chi connectivity index (χ4n) is 3.47. The minimum atomic E-state index is 0.640. The molecule has 1 aliphatic carbocycles. The molecule has 18 heavy (non-hydrogen) atoms. The van der Waals surface area contributed by atoms with Gasteiger partial charge in [-0.15, -0.1) is 0 Å². The molecule has 1 nitrogen and oxygen atoms in total.